The third-order valence-corrected chi connectivity index (χ3v) is 3.37. The number of carbonyl (C=O) groups is 1. The molecule has 16 heavy (non-hydrogen) atoms. The van der Waals surface area contributed by atoms with Crippen LogP contribution in [-0.2, 0) is 11.2 Å². The summed E-state index contributed by atoms with van der Waals surface area (Å²) in [5.41, 5.74) is -0.926. The van der Waals surface area contributed by atoms with E-state index in [1.807, 2.05) is 17.5 Å². The van der Waals surface area contributed by atoms with Crippen molar-refractivity contribution >= 4 is 17.2 Å². The third-order valence-electron chi connectivity index (χ3n) is 2.43. The topological polar surface area (TPSA) is 44.1 Å². The molecular formula is C12H16N2OS. The molecule has 0 radical (unpaired) electrons. The van der Waals surface area contributed by atoms with E-state index in [9.17, 15) is 4.79 Å². The summed E-state index contributed by atoms with van der Waals surface area (Å²) < 4.78 is 0. The van der Waals surface area contributed by atoms with Gasteiger partial charge in [-0.3, -0.25) is 4.79 Å². The largest absolute Gasteiger partial charge is 0.344 e. The molecule has 0 bridgehead atoms. The van der Waals surface area contributed by atoms with Crippen molar-refractivity contribution < 1.29 is 4.79 Å². The van der Waals surface area contributed by atoms with Gasteiger partial charge < -0.3 is 4.90 Å². The lowest BCUT2D eigenvalue weighted by Crippen LogP contribution is -2.38. The molecule has 0 unspecified atom stereocenters. The summed E-state index contributed by atoms with van der Waals surface area (Å²) in [6.07, 6.45) is 0.849. The molecule has 86 valence electrons. The summed E-state index contributed by atoms with van der Waals surface area (Å²) in [6.45, 7) is 3.96. The van der Waals surface area contributed by atoms with E-state index in [4.69, 9.17) is 5.26 Å². The maximum Gasteiger partial charge on any atom is 0.242 e. The number of nitriles is 1. The summed E-state index contributed by atoms with van der Waals surface area (Å²) in [5.74, 6) is -0.119. The lowest BCUT2D eigenvalue weighted by Gasteiger charge is -2.23. The van der Waals surface area contributed by atoms with E-state index >= 15 is 0 Å². The Morgan fingerprint density at radius 1 is 1.62 bits per heavy atom. The van der Waals surface area contributed by atoms with Gasteiger partial charge in [0.15, 0.2) is 0 Å². The fourth-order valence-corrected chi connectivity index (χ4v) is 2.06. The van der Waals surface area contributed by atoms with E-state index in [-0.39, 0.29) is 5.91 Å². The zero-order valence-corrected chi connectivity index (χ0v) is 10.7. The molecule has 4 heteroatoms. The summed E-state index contributed by atoms with van der Waals surface area (Å²) in [6, 6.07) is 6.08. The highest BCUT2D eigenvalue weighted by atomic mass is 32.1. The normalized spacial score (nSPS) is 10.9. The number of thiophene rings is 1. The minimum atomic E-state index is -0.926. The molecule has 0 saturated carbocycles. The fourth-order valence-electron chi connectivity index (χ4n) is 1.36. The number of hydrogen-bond donors (Lipinski definition) is 0. The van der Waals surface area contributed by atoms with Gasteiger partial charge >= 0.3 is 0 Å². The summed E-state index contributed by atoms with van der Waals surface area (Å²) in [5, 5.41) is 10.9. The van der Waals surface area contributed by atoms with Crippen LogP contribution in [0.5, 0.6) is 0 Å². The van der Waals surface area contributed by atoms with Crippen LogP contribution in [0.25, 0.3) is 0 Å². The maximum absolute atomic E-state index is 11.9. The molecule has 0 aromatic carbocycles. The molecule has 0 aliphatic carbocycles. The molecule has 0 saturated heterocycles. The summed E-state index contributed by atoms with van der Waals surface area (Å²) >= 11 is 1.69. The zero-order valence-electron chi connectivity index (χ0n) is 9.86. The van der Waals surface area contributed by atoms with E-state index in [0.717, 1.165) is 6.42 Å². The molecule has 1 rings (SSSR count). The Morgan fingerprint density at radius 2 is 2.31 bits per heavy atom. The van der Waals surface area contributed by atoms with Crippen molar-refractivity contribution in [2.24, 2.45) is 5.41 Å². The van der Waals surface area contributed by atoms with Crippen molar-refractivity contribution in [3.05, 3.63) is 22.4 Å². The molecular weight excluding hydrogens is 220 g/mol. The van der Waals surface area contributed by atoms with Gasteiger partial charge in [0.25, 0.3) is 0 Å². The predicted octanol–water partition coefficient (Wildman–Crippen LogP) is 2.30. The first kappa shape index (κ1) is 12.7. The number of likely N-dealkylation sites (N-methyl/N-ethyl adjacent to an activating group) is 1. The Labute approximate surface area is 100 Å². The maximum atomic E-state index is 11.9. The molecule has 1 aromatic heterocycles. The van der Waals surface area contributed by atoms with Crippen LogP contribution in [0.4, 0.5) is 0 Å². The molecule has 1 heterocycles. The van der Waals surface area contributed by atoms with E-state index < -0.39 is 5.41 Å². The molecule has 0 aliphatic rings. The number of carbonyl (C=O) groups excluding carboxylic acids is 1. The molecule has 0 atom stereocenters. The standard InChI is InChI=1S/C12H16N2OS/c1-12(2,9-13)11(15)14(3)7-6-10-5-4-8-16-10/h4-5,8H,6-7H2,1-3H3. The van der Waals surface area contributed by atoms with Crippen LogP contribution in [0.3, 0.4) is 0 Å². The van der Waals surface area contributed by atoms with Crippen molar-refractivity contribution in [2.45, 2.75) is 20.3 Å². The lowest BCUT2D eigenvalue weighted by molar-refractivity contribution is -0.136. The van der Waals surface area contributed by atoms with Gasteiger partial charge in [-0.25, -0.2) is 0 Å². The van der Waals surface area contributed by atoms with E-state index in [2.05, 4.69) is 6.07 Å². The van der Waals surface area contributed by atoms with Gasteiger partial charge in [-0.1, -0.05) is 6.07 Å². The third kappa shape index (κ3) is 3.07. The Kier molecular flexibility index (Phi) is 4.08. The van der Waals surface area contributed by atoms with Crippen LogP contribution in [0.2, 0.25) is 0 Å². The van der Waals surface area contributed by atoms with Crippen LogP contribution in [0.1, 0.15) is 18.7 Å². The Morgan fingerprint density at radius 3 is 2.81 bits per heavy atom. The minimum Gasteiger partial charge on any atom is -0.344 e. The Balaban J connectivity index is 2.50. The van der Waals surface area contributed by atoms with Crippen LogP contribution in [0, 0.1) is 16.7 Å². The first-order valence-electron chi connectivity index (χ1n) is 5.16. The van der Waals surface area contributed by atoms with E-state index in [0.29, 0.717) is 6.54 Å². The van der Waals surface area contributed by atoms with Gasteiger partial charge in [-0.05, 0) is 31.7 Å². The van der Waals surface area contributed by atoms with Crippen molar-refractivity contribution in [1.82, 2.24) is 4.90 Å². The van der Waals surface area contributed by atoms with Crippen molar-refractivity contribution in [1.29, 1.82) is 5.26 Å². The van der Waals surface area contributed by atoms with Crippen LogP contribution < -0.4 is 0 Å². The molecule has 1 amide bonds. The summed E-state index contributed by atoms with van der Waals surface area (Å²) in [4.78, 5) is 14.7. The van der Waals surface area contributed by atoms with Crippen molar-refractivity contribution in [3.8, 4) is 6.07 Å². The minimum absolute atomic E-state index is 0.119. The van der Waals surface area contributed by atoms with Crippen molar-refractivity contribution in [3.63, 3.8) is 0 Å². The van der Waals surface area contributed by atoms with Crippen LogP contribution >= 0.6 is 11.3 Å². The molecule has 1 aromatic rings. The number of amides is 1. The number of hydrogen-bond acceptors (Lipinski definition) is 3. The highest BCUT2D eigenvalue weighted by molar-refractivity contribution is 7.09. The summed E-state index contributed by atoms with van der Waals surface area (Å²) in [7, 11) is 1.75. The molecule has 0 N–H and O–H groups in total. The highest BCUT2D eigenvalue weighted by Crippen LogP contribution is 2.17. The van der Waals surface area contributed by atoms with Gasteiger partial charge in [0.05, 0.1) is 6.07 Å². The molecule has 3 nitrogen and oxygen atoms in total. The van der Waals surface area contributed by atoms with Crippen LogP contribution in [-0.4, -0.2) is 24.4 Å². The van der Waals surface area contributed by atoms with Gasteiger partial charge in [0.2, 0.25) is 5.91 Å². The monoisotopic (exact) mass is 236 g/mol. The number of rotatable bonds is 4. The average molecular weight is 236 g/mol. The fraction of sp³-hybridized carbons (Fsp3) is 0.500. The Bertz CT molecular complexity index is 390. The quantitative estimate of drug-likeness (QED) is 0.805. The van der Waals surface area contributed by atoms with Gasteiger partial charge in [-0.15, -0.1) is 11.3 Å². The zero-order chi connectivity index (χ0) is 12.2. The first-order chi connectivity index (χ1) is 7.47. The average Bonchev–Trinajstić information content (AvgIpc) is 2.77. The van der Waals surface area contributed by atoms with Gasteiger partial charge in [0.1, 0.15) is 5.41 Å². The lowest BCUT2D eigenvalue weighted by atomic mass is 9.94. The Hall–Kier alpha value is -1.34. The molecule has 0 spiro atoms. The van der Waals surface area contributed by atoms with Gasteiger partial charge in [0, 0.05) is 18.5 Å². The van der Waals surface area contributed by atoms with E-state index in [1.54, 1.807) is 37.1 Å². The van der Waals surface area contributed by atoms with Gasteiger partial charge in [-0.2, -0.15) is 5.26 Å². The SMILES string of the molecule is CN(CCc1cccs1)C(=O)C(C)(C)C#N. The predicted molar refractivity (Wildman–Crippen MR) is 65.1 cm³/mol. The first-order valence-corrected chi connectivity index (χ1v) is 6.04. The highest BCUT2D eigenvalue weighted by Gasteiger charge is 2.29. The molecule has 0 aliphatic heterocycles. The smallest absolute Gasteiger partial charge is 0.242 e. The second kappa shape index (κ2) is 5.13. The second-order valence-electron chi connectivity index (χ2n) is 4.29. The van der Waals surface area contributed by atoms with E-state index in [1.165, 1.54) is 4.88 Å². The van der Waals surface area contributed by atoms with Crippen molar-refractivity contribution in [2.75, 3.05) is 13.6 Å². The molecule has 0 fully saturated rings. The van der Waals surface area contributed by atoms with Crippen LogP contribution in [0.15, 0.2) is 17.5 Å². The second-order valence-corrected chi connectivity index (χ2v) is 5.33. The number of nitrogens with zero attached hydrogens (tertiary/aromatic N) is 2.